The fraction of sp³-hybridized carbons (Fsp3) is 0.350. The number of halogens is 1. The lowest BCUT2D eigenvalue weighted by molar-refractivity contribution is 0.0724. The zero-order valence-corrected chi connectivity index (χ0v) is 16.0. The van der Waals surface area contributed by atoms with Crippen LogP contribution < -0.4 is 0 Å². The molecular weight excluding hydrogens is 366 g/mol. The summed E-state index contributed by atoms with van der Waals surface area (Å²) in [6, 6.07) is 8.93. The van der Waals surface area contributed by atoms with Crippen molar-refractivity contribution in [3.63, 3.8) is 0 Å². The topological polar surface area (TPSA) is 72.4 Å². The SMILES string of the molecule is CCc1onc(C)c1[C@@H]1CCCN1C(=O)c1cc(-c2ccccc2Cl)on1. The first-order valence-electron chi connectivity index (χ1n) is 9.07. The second-order valence-electron chi connectivity index (χ2n) is 6.67. The Labute approximate surface area is 162 Å². The van der Waals surface area contributed by atoms with E-state index in [0.717, 1.165) is 36.3 Å². The summed E-state index contributed by atoms with van der Waals surface area (Å²) < 4.78 is 10.8. The Kier molecular flexibility index (Phi) is 4.74. The zero-order valence-electron chi connectivity index (χ0n) is 15.2. The van der Waals surface area contributed by atoms with Crippen LogP contribution in [0.15, 0.2) is 39.4 Å². The second kappa shape index (κ2) is 7.19. The first-order valence-corrected chi connectivity index (χ1v) is 9.45. The highest BCUT2D eigenvalue weighted by molar-refractivity contribution is 6.33. The van der Waals surface area contributed by atoms with Gasteiger partial charge in [-0.1, -0.05) is 41.0 Å². The lowest BCUT2D eigenvalue weighted by Crippen LogP contribution is -2.31. The predicted octanol–water partition coefficient (Wildman–Crippen LogP) is 4.83. The normalized spacial score (nSPS) is 16.9. The fourth-order valence-electron chi connectivity index (χ4n) is 3.73. The first-order chi connectivity index (χ1) is 13.1. The van der Waals surface area contributed by atoms with Gasteiger partial charge in [-0.05, 0) is 31.9 Å². The minimum Gasteiger partial charge on any atom is -0.361 e. The van der Waals surface area contributed by atoms with E-state index in [2.05, 4.69) is 10.3 Å². The van der Waals surface area contributed by atoms with Gasteiger partial charge in [-0.3, -0.25) is 4.79 Å². The van der Waals surface area contributed by atoms with Crippen molar-refractivity contribution < 1.29 is 13.8 Å². The van der Waals surface area contributed by atoms with E-state index in [1.54, 1.807) is 12.1 Å². The van der Waals surface area contributed by atoms with Gasteiger partial charge in [0.15, 0.2) is 11.5 Å². The quantitative estimate of drug-likeness (QED) is 0.643. The minimum atomic E-state index is -0.151. The van der Waals surface area contributed by atoms with E-state index >= 15 is 0 Å². The molecule has 4 rings (SSSR count). The Morgan fingerprint density at radius 2 is 2.11 bits per heavy atom. The minimum absolute atomic E-state index is 0.0424. The Morgan fingerprint density at radius 1 is 1.30 bits per heavy atom. The molecule has 0 bridgehead atoms. The molecule has 1 fully saturated rings. The average Bonchev–Trinajstić information content (AvgIpc) is 3.40. The third-order valence-electron chi connectivity index (χ3n) is 5.02. The van der Waals surface area contributed by atoms with E-state index in [9.17, 15) is 4.79 Å². The van der Waals surface area contributed by atoms with Crippen molar-refractivity contribution in [1.82, 2.24) is 15.2 Å². The number of aryl methyl sites for hydroxylation is 2. The van der Waals surface area contributed by atoms with Crippen LogP contribution in [0.5, 0.6) is 0 Å². The lowest BCUT2D eigenvalue weighted by Gasteiger charge is -2.24. The number of benzene rings is 1. The van der Waals surface area contributed by atoms with E-state index in [0.29, 0.717) is 22.9 Å². The Bertz CT molecular complexity index is 979. The molecular formula is C20H20ClN3O3. The number of rotatable bonds is 4. The molecule has 0 radical (unpaired) electrons. The molecule has 0 aliphatic carbocycles. The lowest BCUT2D eigenvalue weighted by atomic mass is 10.0. The monoisotopic (exact) mass is 385 g/mol. The van der Waals surface area contributed by atoms with Crippen molar-refractivity contribution in [3.8, 4) is 11.3 Å². The maximum absolute atomic E-state index is 13.1. The summed E-state index contributed by atoms with van der Waals surface area (Å²) >= 11 is 6.22. The van der Waals surface area contributed by atoms with Crippen molar-refractivity contribution in [2.75, 3.05) is 6.54 Å². The van der Waals surface area contributed by atoms with Gasteiger partial charge in [0.2, 0.25) is 0 Å². The maximum Gasteiger partial charge on any atom is 0.276 e. The Hall–Kier alpha value is -2.60. The van der Waals surface area contributed by atoms with E-state index in [1.165, 1.54) is 0 Å². The van der Waals surface area contributed by atoms with Gasteiger partial charge < -0.3 is 13.9 Å². The fourth-order valence-corrected chi connectivity index (χ4v) is 3.96. The summed E-state index contributed by atoms with van der Waals surface area (Å²) in [6.45, 7) is 4.62. The maximum atomic E-state index is 13.1. The van der Waals surface area contributed by atoms with Crippen molar-refractivity contribution >= 4 is 17.5 Å². The van der Waals surface area contributed by atoms with Crippen LogP contribution in [-0.4, -0.2) is 27.7 Å². The van der Waals surface area contributed by atoms with Gasteiger partial charge in [-0.15, -0.1) is 0 Å². The first kappa shape index (κ1) is 17.8. The van der Waals surface area contributed by atoms with Crippen LogP contribution in [0, 0.1) is 6.92 Å². The van der Waals surface area contributed by atoms with E-state index in [-0.39, 0.29) is 17.6 Å². The number of hydrogen-bond donors (Lipinski definition) is 0. The molecule has 6 nitrogen and oxygen atoms in total. The summed E-state index contributed by atoms with van der Waals surface area (Å²) in [5, 5.41) is 8.64. The molecule has 0 unspecified atom stereocenters. The van der Waals surface area contributed by atoms with Gasteiger partial charge in [0.05, 0.1) is 16.8 Å². The number of carbonyl (C=O) groups is 1. The second-order valence-corrected chi connectivity index (χ2v) is 7.08. The van der Waals surface area contributed by atoms with Gasteiger partial charge in [0, 0.05) is 30.2 Å². The summed E-state index contributed by atoms with van der Waals surface area (Å²) in [6.07, 6.45) is 2.56. The third kappa shape index (κ3) is 3.14. The molecule has 1 aliphatic rings. The third-order valence-corrected chi connectivity index (χ3v) is 5.35. The number of aromatic nitrogens is 2. The van der Waals surface area contributed by atoms with Crippen LogP contribution in [0.2, 0.25) is 5.02 Å². The molecule has 1 aromatic carbocycles. The smallest absolute Gasteiger partial charge is 0.276 e. The number of hydrogen-bond acceptors (Lipinski definition) is 5. The number of amides is 1. The van der Waals surface area contributed by atoms with Crippen LogP contribution in [0.4, 0.5) is 0 Å². The Balaban J connectivity index is 1.63. The van der Waals surface area contributed by atoms with Crippen molar-refractivity contribution in [3.05, 3.63) is 58.1 Å². The zero-order chi connectivity index (χ0) is 19.0. The number of likely N-dealkylation sites (tertiary alicyclic amines) is 1. The van der Waals surface area contributed by atoms with Crippen LogP contribution in [0.1, 0.15) is 53.3 Å². The largest absolute Gasteiger partial charge is 0.361 e. The molecule has 2 aromatic heterocycles. The standard InChI is InChI=1S/C20H20ClN3O3/c1-3-17-19(12(2)22-26-17)16-9-6-10-24(16)20(25)15-11-18(27-23-15)13-7-4-5-8-14(13)21/h4-5,7-8,11,16H,3,6,9-10H2,1-2H3/t16-/m0/s1. The van der Waals surface area contributed by atoms with Gasteiger partial charge in [-0.25, -0.2) is 0 Å². The molecule has 0 saturated carbocycles. The van der Waals surface area contributed by atoms with Gasteiger partial charge in [-0.2, -0.15) is 0 Å². The van der Waals surface area contributed by atoms with Crippen molar-refractivity contribution in [1.29, 1.82) is 0 Å². The summed E-state index contributed by atoms with van der Waals surface area (Å²) in [4.78, 5) is 15.0. The molecule has 0 spiro atoms. The van der Waals surface area contributed by atoms with Crippen LogP contribution in [-0.2, 0) is 6.42 Å². The van der Waals surface area contributed by atoms with Gasteiger partial charge in [0.25, 0.3) is 5.91 Å². The van der Waals surface area contributed by atoms with Crippen molar-refractivity contribution in [2.24, 2.45) is 0 Å². The summed E-state index contributed by atoms with van der Waals surface area (Å²) in [5.41, 5.74) is 2.86. The van der Waals surface area contributed by atoms with E-state index < -0.39 is 0 Å². The van der Waals surface area contributed by atoms with Gasteiger partial charge in [0.1, 0.15) is 5.76 Å². The predicted molar refractivity (Wildman–Crippen MR) is 101 cm³/mol. The highest BCUT2D eigenvalue weighted by atomic mass is 35.5. The molecule has 140 valence electrons. The van der Waals surface area contributed by atoms with Crippen molar-refractivity contribution in [2.45, 2.75) is 39.2 Å². The molecule has 1 atom stereocenters. The van der Waals surface area contributed by atoms with Crippen LogP contribution >= 0.6 is 11.6 Å². The molecule has 3 aromatic rings. The molecule has 1 amide bonds. The van der Waals surface area contributed by atoms with Crippen LogP contribution in [0.3, 0.4) is 0 Å². The average molecular weight is 386 g/mol. The molecule has 3 heterocycles. The Morgan fingerprint density at radius 3 is 2.89 bits per heavy atom. The summed E-state index contributed by atoms with van der Waals surface area (Å²) in [5.74, 6) is 1.17. The molecule has 0 N–H and O–H groups in total. The van der Waals surface area contributed by atoms with E-state index in [1.807, 2.05) is 36.9 Å². The highest BCUT2D eigenvalue weighted by Crippen LogP contribution is 2.37. The van der Waals surface area contributed by atoms with Crippen LogP contribution in [0.25, 0.3) is 11.3 Å². The highest BCUT2D eigenvalue weighted by Gasteiger charge is 2.36. The van der Waals surface area contributed by atoms with Gasteiger partial charge >= 0.3 is 0 Å². The number of carbonyl (C=O) groups excluding carboxylic acids is 1. The molecule has 27 heavy (non-hydrogen) atoms. The molecule has 7 heteroatoms. The summed E-state index contributed by atoms with van der Waals surface area (Å²) in [7, 11) is 0. The molecule has 1 saturated heterocycles. The van der Waals surface area contributed by atoms with E-state index in [4.69, 9.17) is 20.6 Å². The number of nitrogens with zero attached hydrogens (tertiary/aromatic N) is 3. The molecule has 1 aliphatic heterocycles.